The van der Waals surface area contributed by atoms with E-state index in [-0.39, 0.29) is 23.1 Å². The average molecular weight is 421 g/mol. The van der Waals surface area contributed by atoms with Crippen LogP contribution in [-0.2, 0) is 28.5 Å². The first-order valence-corrected chi connectivity index (χ1v) is 12.2. The van der Waals surface area contributed by atoms with Crippen LogP contribution in [0.3, 0.4) is 0 Å². The van der Waals surface area contributed by atoms with Crippen LogP contribution in [0.1, 0.15) is 71.6 Å². The second kappa shape index (κ2) is 7.16. The Labute approximate surface area is 179 Å². The molecule has 6 heteroatoms. The van der Waals surface area contributed by atoms with Gasteiger partial charge in [-0.25, -0.2) is 0 Å². The van der Waals surface area contributed by atoms with Gasteiger partial charge in [0.2, 0.25) is 0 Å². The Morgan fingerprint density at radius 1 is 0.900 bits per heavy atom. The van der Waals surface area contributed by atoms with Gasteiger partial charge in [0.1, 0.15) is 0 Å². The Balaban J connectivity index is 0.000000126. The topological polar surface area (TPSA) is 76.4 Å². The molecule has 4 saturated heterocycles. The van der Waals surface area contributed by atoms with E-state index in [1.165, 1.54) is 19.3 Å². The van der Waals surface area contributed by atoms with Gasteiger partial charge in [-0.1, -0.05) is 0 Å². The molecule has 4 heterocycles. The molecule has 0 aromatic heterocycles. The summed E-state index contributed by atoms with van der Waals surface area (Å²) in [7, 11) is 0. The quantitative estimate of drug-likeness (QED) is 0.513. The highest BCUT2D eigenvalue weighted by Gasteiger charge is 2.60. The second-order valence-corrected chi connectivity index (χ2v) is 11.2. The largest absolute Gasteiger partial charge is 0.465 e. The lowest BCUT2D eigenvalue weighted by Gasteiger charge is -2.25. The molecule has 0 bridgehead atoms. The third-order valence-corrected chi connectivity index (χ3v) is 8.90. The fourth-order valence-corrected chi connectivity index (χ4v) is 6.12. The van der Waals surface area contributed by atoms with Crippen LogP contribution in [0.4, 0.5) is 0 Å². The van der Waals surface area contributed by atoms with E-state index in [1.54, 1.807) is 0 Å². The Hall–Kier alpha value is -0.690. The molecule has 0 N–H and O–H groups in total. The summed E-state index contributed by atoms with van der Waals surface area (Å²) in [5, 5.41) is 0. The number of hydrogen-bond donors (Lipinski definition) is 0. The standard InChI is InChI=1S/C14H20O4.C10H16O2/c15-14(9-2-4-11-13(6-9)18-11)16-7-8-1-3-10-12(5-8)17-10;1-9-4-3-7(5-8(9)12-9)10(2)6-11-10/h8-13H,1-7H2;7-8H,3-6H2,1-2H3. The first-order valence-electron chi connectivity index (χ1n) is 12.2. The van der Waals surface area contributed by atoms with Crippen molar-refractivity contribution in [3.8, 4) is 0 Å². The van der Waals surface area contributed by atoms with E-state index in [2.05, 4.69) is 13.8 Å². The van der Waals surface area contributed by atoms with Gasteiger partial charge in [-0.15, -0.1) is 0 Å². The molecule has 7 fully saturated rings. The van der Waals surface area contributed by atoms with Crippen LogP contribution < -0.4 is 0 Å². The summed E-state index contributed by atoms with van der Waals surface area (Å²) in [5.74, 6) is 1.37. The highest BCUT2D eigenvalue weighted by atomic mass is 16.6. The number of ether oxygens (including phenoxy) is 5. The predicted molar refractivity (Wildman–Crippen MR) is 108 cm³/mol. The lowest BCUT2D eigenvalue weighted by atomic mass is 9.77. The molecule has 0 radical (unpaired) electrons. The number of esters is 1. The highest BCUT2D eigenvalue weighted by Crippen LogP contribution is 2.54. The minimum absolute atomic E-state index is 0.00258. The van der Waals surface area contributed by atoms with Crippen LogP contribution in [0, 0.1) is 17.8 Å². The van der Waals surface area contributed by atoms with Gasteiger partial charge in [0.25, 0.3) is 0 Å². The molecule has 168 valence electrons. The van der Waals surface area contributed by atoms with Crippen molar-refractivity contribution in [1.29, 1.82) is 0 Å². The van der Waals surface area contributed by atoms with Crippen LogP contribution >= 0.6 is 0 Å². The van der Waals surface area contributed by atoms with E-state index in [4.69, 9.17) is 23.7 Å². The SMILES string of the molecule is CC1(C2CCC3(C)OC3C2)CO1.O=C(OCC1CCC2OC2C1)C1CCC2OC2C1. The molecule has 3 saturated carbocycles. The molecule has 10 unspecified atom stereocenters. The van der Waals surface area contributed by atoms with E-state index in [9.17, 15) is 4.79 Å². The summed E-state index contributed by atoms with van der Waals surface area (Å²) < 4.78 is 27.6. The molecule has 3 aliphatic carbocycles. The van der Waals surface area contributed by atoms with Gasteiger partial charge in [0.05, 0.1) is 60.9 Å². The first-order chi connectivity index (χ1) is 14.4. The Kier molecular flexibility index (Phi) is 4.76. The average Bonchev–Trinajstić information content (AvgIpc) is 3.57. The van der Waals surface area contributed by atoms with Crippen molar-refractivity contribution < 1.29 is 28.5 Å². The van der Waals surface area contributed by atoms with Gasteiger partial charge in [-0.2, -0.15) is 0 Å². The number of carbonyl (C=O) groups is 1. The van der Waals surface area contributed by atoms with Crippen molar-refractivity contribution >= 4 is 5.97 Å². The van der Waals surface area contributed by atoms with Crippen molar-refractivity contribution in [1.82, 2.24) is 0 Å². The molecule has 4 aliphatic heterocycles. The van der Waals surface area contributed by atoms with E-state index >= 15 is 0 Å². The van der Waals surface area contributed by atoms with Crippen molar-refractivity contribution in [2.45, 2.75) is 113 Å². The maximum absolute atomic E-state index is 12.0. The molecule has 7 aliphatic rings. The van der Waals surface area contributed by atoms with E-state index in [0.29, 0.717) is 43.0 Å². The highest BCUT2D eigenvalue weighted by molar-refractivity contribution is 5.72. The lowest BCUT2D eigenvalue weighted by Crippen LogP contribution is -2.29. The molecule has 7 rings (SSSR count). The van der Waals surface area contributed by atoms with Crippen LogP contribution in [0.2, 0.25) is 0 Å². The Bertz CT molecular complexity index is 691. The number of rotatable bonds is 4. The summed E-state index contributed by atoms with van der Waals surface area (Å²) in [6, 6.07) is 0. The summed E-state index contributed by atoms with van der Waals surface area (Å²) in [5.41, 5.74) is 0.495. The summed E-state index contributed by atoms with van der Waals surface area (Å²) >= 11 is 0. The van der Waals surface area contributed by atoms with Gasteiger partial charge in [0, 0.05) is 0 Å². The Morgan fingerprint density at radius 3 is 2.30 bits per heavy atom. The molecule has 0 aromatic carbocycles. The molecule has 30 heavy (non-hydrogen) atoms. The minimum atomic E-state index is 0.00258. The zero-order chi connectivity index (χ0) is 20.5. The van der Waals surface area contributed by atoms with Gasteiger partial charge in [0.15, 0.2) is 0 Å². The van der Waals surface area contributed by atoms with Gasteiger partial charge in [-0.3, -0.25) is 4.79 Å². The summed E-state index contributed by atoms with van der Waals surface area (Å²) in [6.07, 6.45) is 12.3. The van der Waals surface area contributed by atoms with Crippen molar-refractivity contribution in [3.05, 3.63) is 0 Å². The molecular weight excluding hydrogens is 384 g/mol. The van der Waals surface area contributed by atoms with Crippen LogP contribution in [-0.4, -0.2) is 60.9 Å². The number of hydrogen-bond acceptors (Lipinski definition) is 6. The van der Waals surface area contributed by atoms with Gasteiger partial charge >= 0.3 is 5.97 Å². The maximum Gasteiger partial charge on any atom is 0.309 e. The zero-order valence-electron chi connectivity index (χ0n) is 18.3. The second-order valence-electron chi connectivity index (χ2n) is 11.2. The monoisotopic (exact) mass is 420 g/mol. The molecule has 0 spiro atoms. The molecule has 0 amide bonds. The molecular formula is C24H36O6. The number of fused-ring (bicyclic) bond motifs is 3. The third kappa shape index (κ3) is 4.05. The maximum atomic E-state index is 12.0. The fourth-order valence-electron chi connectivity index (χ4n) is 6.12. The zero-order valence-corrected chi connectivity index (χ0v) is 18.3. The minimum Gasteiger partial charge on any atom is -0.465 e. The summed E-state index contributed by atoms with van der Waals surface area (Å²) in [6.45, 7) is 6.05. The Morgan fingerprint density at radius 2 is 1.63 bits per heavy atom. The predicted octanol–water partition coefficient (Wildman–Crippen LogP) is 3.40. The van der Waals surface area contributed by atoms with Gasteiger partial charge in [-0.05, 0) is 83.5 Å². The van der Waals surface area contributed by atoms with E-state index in [0.717, 1.165) is 51.0 Å². The van der Waals surface area contributed by atoms with E-state index < -0.39 is 0 Å². The third-order valence-electron chi connectivity index (χ3n) is 8.90. The molecule has 6 nitrogen and oxygen atoms in total. The van der Waals surface area contributed by atoms with Crippen molar-refractivity contribution in [3.63, 3.8) is 0 Å². The molecule has 10 atom stereocenters. The summed E-state index contributed by atoms with van der Waals surface area (Å²) in [4.78, 5) is 12.0. The van der Waals surface area contributed by atoms with Crippen LogP contribution in [0.5, 0.6) is 0 Å². The number of carbonyl (C=O) groups excluding carboxylic acids is 1. The number of epoxide rings is 4. The van der Waals surface area contributed by atoms with E-state index in [1.807, 2.05) is 0 Å². The normalized spacial score (nSPS) is 54.3. The lowest BCUT2D eigenvalue weighted by molar-refractivity contribution is -0.151. The fraction of sp³-hybridized carbons (Fsp3) is 0.958. The van der Waals surface area contributed by atoms with Crippen LogP contribution in [0.25, 0.3) is 0 Å². The van der Waals surface area contributed by atoms with Gasteiger partial charge < -0.3 is 23.7 Å². The first kappa shape index (κ1) is 20.0. The van der Waals surface area contributed by atoms with Crippen molar-refractivity contribution in [2.75, 3.05) is 13.2 Å². The molecule has 0 aromatic rings. The smallest absolute Gasteiger partial charge is 0.309 e. The van der Waals surface area contributed by atoms with Crippen LogP contribution in [0.15, 0.2) is 0 Å². The van der Waals surface area contributed by atoms with Crippen molar-refractivity contribution in [2.24, 2.45) is 17.8 Å².